The summed E-state index contributed by atoms with van der Waals surface area (Å²) in [5, 5.41) is 1.14. The van der Waals surface area contributed by atoms with Gasteiger partial charge in [-0.2, -0.15) is 0 Å². The van der Waals surface area contributed by atoms with Crippen LogP contribution in [0.4, 0.5) is 11.5 Å². The third-order valence-corrected chi connectivity index (χ3v) is 6.58. The van der Waals surface area contributed by atoms with E-state index in [0.717, 1.165) is 75.3 Å². The second-order valence-corrected chi connectivity index (χ2v) is 8.39. The van der Waals surface area contributed by atoms with Crippen LogP contribution >= 0.6 is 0 Å². The van der Waals surface area contributed by atoms with Gasteiger partial charge in [0.2, 0.25) is 5.91 Å². The summed E-state index contributed by atoms with van der Waals surface area (Å²) in [5.41, 5.74) is 2.21. The first-order chi connectivity index (χ1) is 14.3. The predicted octanol–water partition coefficient (Wildman–Crippen LogP) is 3.23. The molecule has 1 aliphatic carbocycles. The first kappa shape index (κ1) is 18.4. The zero-order chi connectivity index (χ0) is 19.6. The van der Waals surface area contributed by atoms with Crippen LogP contribution in [0, 0.1) is 5.92 Å². The number of hydrogen-bond donors (Lipinski definition) is 0. The quantitative estimate of drug-likeness (QED) is 0.752. The number of fused-ring (bicyclic) bond motifs is 1. The number of amides is 1. The van der Waals surface area contributed by atoms with Gasteiger partial charge in [-0.1, -0.05) is 12.2 Å². The molecule has 0 N–H and O–H groups in total. The van der Waals surface area contributed by atoms with Gasteiger partial charge in [-0.05, 0) is 50.3 Å². The summed E-state index contributed by atoms with van der Waals surface area (Å²) in [6, 6.07) is 6.51. The zero-order valence-corrected chi connectivity index (χ0v) is 17.0. The van der Waals surface area contributed by atoms with E-state index in [2.05, 4.69) is 55.0 Å². The Morgan fingerprint density at radius 3 is 2.52 bits per heavy atom. The highest BCUT2D eigenvalue weighted by molar-refractivity contribution is 5.92. The van der Waals surface area contributed by atoms with E-state index in [0.29, 0.717) is 5.91 Å². The molecule has 0 spiro atoms. The number of benzene rings is 1. The minimum atomic E-state index is 0.187. The summed E-state index contributed by atoms with van der Waals surface area (Å²) in [6.07, 6.45) is 11.5. The van der Waals surface area contributed by atoms with Gasteiger partial charge in [-0.3, -0.25) is 4.79 Å². The molecule has 3 aliphatic rings. The average molecular weight is 392 g/mol. The van der Waals surface area contributed by atoms with Gasteiger partial charge in [-0.15, -0.1) is 0 Å². The Labute approximate surface area is 172 Å². The smallest absolute Gasteiger partial charge is 0.226 e. The van der Waals surface area contributed by atoms with Crippen LogP contribution in [0.3, 0.4) is 0 Å². The summed E-state index contributed by atoms with van der Waals surface area (Å²) >= 11 is 0. The van der Waals surface area contributed by atoms with Gasteiger partial charge < -0.3 is 14.7 Å². The number of piperazine rings is 1. The van der Waals surface area contributed by atoms with E-state index >= 15 is 0 Å². The largest absolute Gasteiger partial charge is 0.368 e. The fraction of sp³-hybridized carbons (Fsp3) is 0.522. The monoisotopic (exact) mass is 391 g/mol. The molecule has 5 rings (SSSR count). The summed E-state index contributed by atoms with van der Waals surface area (Å²) in [4.78, 5) is 28.7. The summed E-state index contributed by atoms with van der Waals surface area (Å²) in [5.74, 6) is 1.60. The lowest BCUT2D eigenvalue weighted by Crippen LogP contribution is -2.50. The van der Waals surface area contributed by atoms with Crippen molar-refractivity contribution in [3.8, 4) is 0 Å². The molecule has 1 atom stereocenters. The summed E-state index contributed by atoms with van der Waals surface area (Å²) in [6.45, 7) is 5.53. The van der Waals surface area contributed by atoms with E-state index in [1.54, 1.807) is 6.33 Å². The molecule has 1 unspecified atom stereocenters. The van der Waals surface area contributed by atoms with Crippen LogP contribution in [0.5, 0.6) is 0 Å². The second-order valence-electron chi connectivity index (χ2n) is 8.39. The normalized spacial score (nSPS) is 22.5. The van der Waals surface area contributed by atoms with Crippen molar-refractivity contribution in [3.05, 3.63) is 36.7 Å². The predicted molar refractivity (Wildman–Crippen MR) is 116 cm³/mol. The lowest BCUT2D eigenvalue weighted by atomic mass is 9.93. The molecule has 1 aromatic heterocycles. The Hall–Kier alpha value is -2.63. The molecule has 6 nitrogen and oxygen atoms in total. The lowest BCUT2D eigenvalue weighted by Gasteiger charge is -2.38. The molecule has 6 heteroatoms. The SMILES string of the molecule is O=C(C1CC=CCC1)N1CCN(c2ccc3ncnc(N4CCCC4)c3c2)CC1. The van der Waals surface area contributed by atoms with Gasteiger partial charge in [-0.25, -0.2) is 9.97 Å². The Balaban J connectivity index is 1.31. The maximum atomic E-state index is 12.8. The maximum Gasteiger partial charge on any atom is 0.226 e. The van der Waals surface area contributed by atoms with Crippen molar-refractivity contribution >= 4 is 28.3 Å². The van der Waals surface area contributed by atoms with Crippen LogP contribution in [0.25, 0.3) is 10.9 Å². The van der Waals surface area contributed by atoms with Crippen LogP contribution < -0.4 is 9.80 Å². The van der Waals surface area contributed by atoms with Crippen molar-refractivity contribution in [1.82, 2.24) is 14.9 Å². The molecule has 1 aromatic carbocycles. The Kier molecular flexibility index (Phi) is 5.08. The van der Waals surface area contributed by atoms with Crippen LogP contribution in [-0.4, -0.2) is 60.0 Å². The lowest BCUT2D eigenvalue weighted by molar-refractivity contribution is -0.136. The number of hydrogen-bond acceptors (Lipinski definition) is 5. The van der Waals surface area contributed by atoms with Gasteiger partial charge in [0, 0.05) is 56.3 Å². The van der Waals surface area contributed by atoms with E-state index in [-0.39, 0.29) is 5.92 Å². The number of anilines is 2. The van der Waals surface area contributed by atoms with Gasteiger partial charge in [0.05, 0.1) is 5.52 Å². The number of allylic oxidation sites excluding steroid dienone is 2. The molecule has 0 saturated carbocycles. The zero-order valence-electron chi connectivity index (χ0n) is 17.0. The third-order valence-electron chi connectivity index (χ3n) is 6.58. The van der Waals surface area contributed by atoms with Crippen molar-refractivity contribution in [2.75, 3.05) is 49.1 Å². The Morgan fingerprint density at radius 1 is 0.931 bits per heavy atom. The van der Waals surface area contributed by atoms with Crippen molar-refractivity contribution in [2.45, 2.75) is 32.1 Å². The van der Waals surface area contributed by atoms with Gasteiger partial charge >= 0.3 is 0 Å². The molecule has 2 aliphatic heterocycles. The van der Waals surface area contributed by atoms with Crippen LogP contribution in [0.2, 0.25) is 0 Å². The summed E-state index contributed by atoms with van der Waals surface area (Å²) < 4.78 is 0. The van der Waals surface area contributed by atoms with Gasteiger partial charge in [0.25, 0.3) is 0 Å². The first-order valence-electron chi connectivity index (χ1n) is 11.0. The summed E-state index contributed by atoms with van der Waals surface area (Å²) in [7, 11) is 0. The molecule has 2 saturated heterocycles. The minimum absolute atomic E-state index is 0.187. The highest BCUT2D eigenvalue weighted by atomic mass is 16.2. The van der Waals surface area contributed by atoms with Crippen molar-refractivity contribution in [1.29, 1.82) is 0 Å². The fourth-order valence-corrected chi connectivity index (χ4v) is 4.87. The molecule has 1 amide bonds. The average Bonchev–Trinajstić information content (AvgIpc) is 3.33. The van der Waals surface area contributed by atoms with Crippen molar-refractivity contribution in [2.24, 2.45) is 5.92 Å². The molecule has 152 valence electrons. The highest BCUT2D eigenvalue weighted by Crippen LogP contribution is 2.30. The Morgan fingerprint density at radius 2 is 1.76 bits per heavy atom. The fourth-order valence-electron chi connectivity index (χ4n) is 4.87. The molecule has 29 heavy (non-hydrogen) atoms. The highest BCUT2D eigenvalue weighted by Gasteiger charge is 2.27. The van der Waals surface area contributed by atoms with E-state index < -0.39 is 0 Å². The molecule has 2 aromatic rings. The van der Waals surface area contributed by atoms with E-state index in [9.17, 15) is 4.79 Å². The molecule has 0 bridgehead atoms. The van der Waals surface area contributed by atoms with Crippen molar-refractivity contribution < 1.29 is 4.79 Å². The van der Waals surface area contributed by atoms with Crippen molar-refractivity contribution in [3.63, 3.8) is 0 Å². The van der Waals surface area contributed by atoms with Crippen LogP contribution in [0.15, 0.2) is 36.7 Å². The van der Waals surface area contributed by atoms with E-state index in [4.69, 9.17) is 0 Å². The second kappa shape index (κ2) is 8.01. The van der Waals surface area contributed by atoms with Crippen LogP contribution in [-0.2, 0) is 4.79 Å². The number of aromatic nitrogens is 2. The van der Waals surface area contributed by atoms with E-state index in [1.807, 2.05) is 0 Å². The number of nitrogens with zero attached hydrogens (tertiary/aromatic N) is 5. The first-order valence-corrected chi connectivity index (χ1v) is 11.0. The number of carbonyl (C=O) groups excluding carboxylic acids is 1. The molecular weight excluding hydrogens is 362 g/mol. The molecule has 2 fully saturated rings. The van der Waals surface area contributed by atoms with E-state index in [1.165, 1.54) is 18.5 Å². The topological polar surface area (TPSA) is 52.6 Å². The molecule has 3 heterocycles. The van der Waals surface area contributed by atoms with Gasteiger partial charge in [0.1, 0.15) is 12.1 Å². The standard InChI is InChI=1S/C23H29N5O/c29-23(18-6-2-1-3-7-18)28-14-12-26(13-15-28)19-8-9-21-20(16-19)22(25-17-24-21)27-10-4-5-11-27/h1-2,8-9,16-18H,3-7,10-15H2. The maximum absolute atomic E-state index is 12.8. The van der Waals surface area contributed by atoms with Crippen LogP contribution in [0.1, 0.15) is 32.1 Å². The molecule has 0 radical (unpaired) electrons. The van der Waals surface area contributed by atoms with Gasteiger partial charge in [0.15, 0.2) is 0 Å². The molecular formula is C23H29N5O. The Bertz CT molecular complexity index is 913. The third kappa shape index (κ3) is 3.68. The number of rotatable bonds is 3. The number of carbonyl (C=O) groups is 1. The minimum Gasteiger partial charge on any atom is -0.368 e.